The van der Waals surface area contributed by atoms with Crippen LogP contribution in [0.3, 0.4) is 0 Å². The van der Waals surface area contributed by atoms with Gasteiger partial charge < -0.3 is 9.94 Å². The van der Waals surface area contributed by atoms with Crippen molar-refractivity contribution in [1.82, 2.24) is 9.71 Å². The van der Waals surface area contributed by atoms with Gasteiger partial charge in [-0.3, -0.25) is 4.79 Å². The van der Waals surface area contributed by atoms with Crippen molar-refractivity contribution in [3.63, 3.8) is 0 Å². The van der Waals surface area contributed by atoms with Crippen LogP contribution < -0.4 is 10.3 Å². The monoisotopic (exact) mass is 306 g/mol. The molecule has 0 atom stereocenters. The van der Waals surface area contributed by atoms with Crippen molar-refractivity contribution in [2.45, 2.75) is 0 Å². The number of hydrogen-bond donors (Lipinski definition) is 1. The number of rotatable bonds is 2. The highest BCUT2D eigenvalue weighted by molar-refractivity contribution is 5.95. The summed E-state index contributed by atoms with van der Waals surface area (Å²) in [5, 5.41) is 9.15. The molecule has 0 bridgehead atoms. The summed E-state index contributed by atoms with van der Waals surface area (Å²) >= 11 is 0. The molecule has 112 valence electrons. The number of carboxylic acids is 1. The number of hydrogen-bond acceptors (Lipinski definition) is 4. The minimum Gasteiger partial charge on any atom is -0.477 e. The van der Waals surface area contributed by atoms with E-state index in [4.69, 9.17) is 9.94 Å². The van der Waals surface area contributed by atoms with Gasteiger partial charge in [-0.1, -0.05) is 0 Å². The SMILES string of the molecule is COn1cc(C(=O)O)c(=O)c2cc3cc(F)c(F)cc3nc21. The summed E-state index contributed by atoms with van der Waals surface area (Å²) in [4.78, 5) is 32.3. The second kappa shape index (κ2) is 4.76. The topological polar surface area (TPSA) is 81.4 Å². The molecule has 0 saturated heterocycles. The first-order valence-corrected chi connectivity index (χ1v) is 6.05. The molecule has 1 N–H and O–H groups in total. The van der Waals surface area contributed by atoms with Gasteiger partial charge in [0.2, 0.25) is 5.43 Å². The second-order valence-electron chi connectivity index (χ2n) is 4.50. The number of benzene rings is 1. The fourth-order valence-electron chi connectivity index (χ4n) is 2.17. The van der Waals surface area contributed by atoms with Crippen LogP contribution in [0.15, 0.2) is 29.2 Å². The molecule has 8 heteroatoms. The lowest BCUT2D eigenvalue weighted by atomic mass is 10.1. The van der Waals surface area contributed by atoms with E-state index in [1.54, 1.807) is 0 Å². The first-order chi connectivity index (χ1) is 10.4. The van der Waals surface area contributed by atoms with Gasteiger partial charge in [-0.15, -0.1) is 0 Å². The fraction of sp³-hybridized carbons (Fsp3) is 0.0714. The van der Waals surface area contributed by atoms with Gasteiger partial charge in [-0.05, 0) is 12.1 Å². The zero-order valence-corrected chi connectivity index (χ0v) is 11.1. The highest BCUT2D eigenvalue weighted by atomic mass is 19.2. The minimum atomic E-state index is -1.43. The Morgan fingerprint density at radius 3 is 2.59 bits per heavy atom. The van der Waals surface area contributed by atoms with E-state index in [-0.39, 0.29) is 21.9 Å². The van der Waals surface area contributed by atoms with Gasteiger partial charge in [0.15, 0.2) is 17.3 Å². The Morgan fingerprint density at radius 1 is 1.27 bits per heavy atom. The third-order valence-electron chi connectivity index (χ3n) is 3.21. The van der Waals surface area contributed by atoms with E-state index >= 15 is 0 Å². The highest BCUT2D eigenvalue weighted by Crippen LogP contribution is 2.20. The number of halogens is 2. The molecule has 6 nitrogen and oxygen atoms in total. The molecule has 1 aromatic carbocycles. The Kier molecular flexibility index (Phi) is 3.01. The van der Waals surface area contributed by atoms with Crippen LogP contribution in [0.1, 0.15) is 10.4 Å². The van der Waals surface area contributed by atoms with E-state index in [0.29, 0.717) is 0 Å². The zero-order valence-electron chi connectivity index (χ0n) is 11.1. The van der Waals surface area contributed by atoms with Crippen molar-refractivity contribution in [2.24, 2.45) is 0 Å². The third-order valence-corrected chi connectivity index (χ3v) is 3.21. The maximum Gasteiger partial charge on any atom is 0.341 e. The summed E-state index contributed by atoms with van der Waals surface area (Å²) in [5.74, 6) is -3.59. The number of aromatic nitrogens is 2. The number of fused-ring (bicyclic) bond motifs is 2. The van der Waals surface area contributed by atoms with Crippen molar-refractivity contribution in [3.05, 3.63) is 51.8 Å². The molecule has 0 saturated carbocycles. The van der Waals surface area contributed by atoms with Gasteiger partial charge in [0, 0.05) is 11.5 Å². The molecule has 22 heavy (non-hydrogen) atoms. The van der Waals surface area contributed by atoms with E-state index < -0.39 is 28.6 Å². The number of nitrogens with zero attached hydrogens (tertiary/aromatic N) is 2. The molecule has 0 aliphatic heterocycles. The zero-order chi connectivity index (χ0) is 16.0. The van der Waals surface area contributed by atoms with Crippen LogP contribution in [0, 0.1) is 11.6 Å². The van der Waals surface area contributed by atoms with Crippen LogP contribution in [-0.2, 0) is 0 Å². The van der Waals surface area contributed by atoms with Crippen molar-refractivity contribution in [2.75, 3.05) is 7.11 Å². The summed E-state index contributed by atoms with van der Waals surface area (Å²) in [6.07, 6.45) is 0.978. The Hall–Kier alpha value is -3.03. The minimum absolute atomic E-state index is 0.0102. The molecule has 0 fully saturated rings. The van der Waals surface area contributed by atoms with Crippen LogP contribution in [0.5, 0.6) is 0 Å². The van der Waals surface area contributed by atoms with Crippen LogP contribution in [0.25, 0.3) is 21.9 Å². The Labute approximate surface area is 121 Å². The van der Waals surface area contributed by atoms with Crippen molar-refractivity contribution in [1.29, 1.82) is 0 Å². The van der Waals surface area contributed by atoms with Crippen LogP contribution >= 0.6 is 0 Å². The fourth-order valence-corrected chi connectivity index (χ4v) is 2.17. The lowest BCUT2D eigenvalue weighted by molar-refractivity contribution is 0.0691. The van der Waals surface area contributed by atoms with E-state index in [1.165, 1.54) is 13.2 Å². The quantitative estimate of drug-likeness (QED) is 0.727. The van der Waals surface area contributed by atoms with Gasteiger partial charge in [-0.25, -0.2) is 18.6 Å². The van der Waals surface area contributed by atoms with Gasteiger partial charge in [0.1, 0.15) is 12.7 Å². The molecule has 0 unspecified atom stereocenters. The van der Waals surface area contributed by atoms with E-state index in [0.717, 1.165) is 23.1 Å². The van der Waals surface area contributed by atoms with Gasteiger partial charge in [-0.2, -0.15) is 4.73 Å². The summed E-state index contributed by atoms with van der Waals surface area (Å²) in [6.45, 7) is 0. The summed E-state index contributed by atoms with van der Waals surface area (Å²) in [7, 11) is 1.26. The smallest absolute Gasteiger partial charge is 0.341 e. The molecule has 0 radical (unpaired) electrons. The van der Waals surface area contributed by atoms with E-state index in [2.05, 4.69) is 4.98 Å². The number of aromatic carboxylic acids is 1. The molecular weight excluding hydrogens is 298 g/mol. The average Bonchev–Trinajstić information content (AvgIpc) is 2.47. The third kappa shape index (κ3) is 1.96. The molecule has 0 aliphatic rings. The predicted octanol–water partition coefficient (Wildman–Crippen LogP) is 1.58. The maximum absolute atomic E-state index is 13.3. The second-order valence-corrected chi connectivity index (χ2v) is 4.50. The van der Waals surface area contributed by atoms with E-state index in [9.17, 15) is 18.4 Å². The first kappa shape index (κ1) is 13.9. The molecule has 3 rings (SSSR count). The van der Waals surface area contributed by atoms with Gasteiger partial charge >= 0.3 is 5.97 Å². The predicted molar refractivity (Wildman–Crippen MR) is 72.9 cm³/mol. The summed E-state index contributed by atoms with van der Waals surface area (Å²) in [5.41, 5.74) is -1.18. The molecule has 2 aromatic heterocycles. The van der Waals surface area contributed by atoms with Crippen LogP contribution in [0.4, 0.5) is 8.78 Å². The molecule has 2 heterocycles. The van der Waals surface area contributed by atoms with Crippen molar-refractivity contribution in [3.8, 4) is 0 Å². The van der Waals surface area contributed by atoms with Gasteiger partial charge in [0.05, 0.1) is 17.1 Å². The Bertz CT molecular complexity index is 998. The first-order valence-electron chi connectivity index (χ1n) is 6.05. The standard InChI is InChI=1S/C14H8F2N2O4/c1-22-18-5-8(14(20)21)12(19)7-2-6-3-9(15)10(16)4-11(6)17-13(7)18/h2-5H,1H3,(H,20,21). The maximum atomic E-state index is 13.3. The summed E-state index contributed by atoms with van der Waals surface area (Å²) in [6, 6.07) is 3.03. The number of carbonyl (C=O) groups is 1. The Balaban J connectivity index is 2.52. The molecular formula is C14H8F2N2O4. The molecule has 0 aliphatic carbocycles. The van der Waals surface area contributed by atoms with E-state index in [1.807, 2.05) is 0 Å². The largest absolute Gasteiger partial charge is 0.477 e. The molecule has 0 spiro atoms. The lowest BCUT2D eigenvalue weighted by Crippen LogP contribution is -2.21. The van der Waals surface area contributed by atoms with Crippen molar-refractivity contribution >= 4 is 27.9 Å². The Morgan fingerprint density at radius 2 is 1.95 bits per heavy atom. The average molecular weight is 306 g/mol. The summed E-state index contributed by atoms with van der Waals surface area (Å²) < 4.78 is 27.6. The van der Waals surface area contributed by atoms with Crippen molar-refractivity contribution < 1.29 is 23.5 Å². The molecule has 3 aromatic rings. The number of pyridine rings is 2. The highest BCUT2D eigenvalue weighted by Gasteiger charge is 2.17. The van der Waals surface area contributed by atoms with Crippen LogP contribution in [-0.4, -0.2) is 27.9 Å². The molecule has 0 amide bonds. The normalized spacial score (nSPS) is 11.0. The van der Waals surface area contributed by atoms with Gasteiger partial charge in [0.25, 0.3) is 0 Å². The number of carboxylic acid groups (broad SMARTS) is 1. The lowest BCUT2D eigenvalue weighted by Gasteiger charge is -2.10. The van der Waals surface area contributed by atoms with Crippen LogP contribution in [0.2, 0.25) is 0 Å².